The molecule has 0 aliphatic heterocycles. The highest BCUT2D eigenvalue weighted by Gasteiger charge is 2.30. The fourth-order valence-corrected chi connectivity index (χ4v) is 3.25. The highest BCUT2D eigenvalue weighted by molar-refractivity contribution is 7.08. The lowest BCUT2D eigenvalue weighted by Gasteiger charge is -2.18. The van der Waals surface area contributed by atoms with Crippen molar-refractivity contribution in [2.24, 2.45) is 4.99 Å². The van der Waals surface area contributed by atoms with Gasteiger partial charge >= 0.3 is 0 Å². The maximum absolute atomic E-state index is 13.3. The number of ether oxygens (including phenoxy) is 1. The van der Waals surface area contributed by atoms with Gasteiger partial charge in [0.2, 0.25) is 5.06 Å². The van der Waals surface area contributed by atoms with Crippen LogP contribution in [0.15, 0.2) is 17.1 Å². The smallest absolute Gasteiger partial charge is 0.218 e. The van der Waals surface area contributed by atoms with Crippen LogP contribution in [-0.2, 0) is 5.41 Å². The summed E-state index contributed by atoms with van der Waals surface area (Å²) in [4.78, 5) is 6.59. The molecule has 0 aliphatic rings. The van der Waals surface area contributed by atoms with Crippen molar-refractivity contribution in [3.05, 3.63) is 34.5 Å². The molecular formula is C21H27FN4OS. The molecule has 0 amide bonds. The molecule has 5 nitrogen and oxygen atoms in total. The molecule has 0 fully saturated rings. The van der Waals surface area contributed by atoms with Crippen molar-refractivity contribution in [2.45, 2.75) is 53.0 Å². The first-order chi connectivity index (χ1) is 13.1. The first kappa shape index (κ1) is 21.8. The minimum absolute atomic E-state index is 0.297. The number of aromatic nitrogens is 1. The predicted molar refractivity (Wildman–Crippen MR) is 113 cm³/mol. The summed E-state index contributed by atoms with van der Waals surface area (Å²) in [6.45, 7) is 10.9. The van der Waals surface area contributed by atoms with Crippen LogP contribution in [-0.4, -0.2) is 35.4 Å². The summed E-state index contributed by atoms with van der Waals surface area (Å²) >= 11 is 1.08. The van der Waals surface area contributed by atoms with Gasteiger partial charge < -0.3 is 9.64 Å². The van der Waals surface area contributed by atoms with Gasteiger partial charge in [-0.1, -0.05) is 13.8 Å². The van der Waals surface area contributed by atoms with Gasteiger partial charge in [0.05, 0.1) is 17.7 Å². The van der Waals surface area contributed by atoms with Crippen LogP contribution in [0.1, 0.15) is 50.1 Å². The number of nitriles is 1. The summed E-state index contributed by atoms with van der Waals surface area (Å²) in [7, 11) is 1.98. The second kappa shape index (κ2) is 8.70. The molecule has 0 radical (unpaired) electrons. The fraction of sp³-hybridized carbons (Fsp3) is 0.476. The quantitative estimate of drug-likeness (QED) is 0.442. The Morgan fingerprint density at radius 3 is 2.61 bits per heavy atom. The van der Waals surface area contributed by atoms with Gasteiger partial charge in [0.1, 0.15) is 24.1 Å². The Kier molecular flexibility index (Phi) is 6.78. The van der Waals surface area contributed by atoms with E-state index in [-0.39, 0.29) is 0 Å². The highest BCUT2D eigenvalue weighted by atomic mass is 32.1. The number of aliphatic imine (C=N–C) groups is 1. The lowest BCUT2D eigenvalue weighted by atomic mass is 9.89. The second-order valence-electron chi connectivity index (χ2n) is 7.83. The van der Waals surface area contributed by atoms with E-state index in [1.807, 2.05) is 44.3 Å². The summed E-state index contributed by atoms with van der Waals surface area (Å²) in [5.74, 6) is 0.637. The first-order valence-electron chi connectivity index (χ1n) is 9.12. The van der Waals surface area contributed by atoms with Crippen LogP contribution >= 0.6 is 11.5 Å². The van der Waals surface area contributed by atoms with Crippen LogP contribution in [0, 0.1) is 25.2 Å². The van der Waals surface area contributed by atoms with E-state index in [4.69, 9.17) is 4.74 Å². The maximum Gasteiger partial charge on any atom is 0.218 e. The molecule has 2 rings (SSSR count). The lowest BCUT2D eigenvalue weighted by molar-refractivity contribution is 0.345. The normalized spacial score (nSPS) is 11.9. The Morgan fingerprint density at radius 2 is 2.04 bits per heavy atom. The molecule has 0 saturated heterocycles. The molecule has 0 saturated carbocycles. The number of rotatable bonds is 7. The molecule has 7 heteroatoms. The number of hydrogen-bond donors (Lipinski definition) is 0. The van der Waals surface area contributed by atoms with E-state index in [2.05, 4.69) is 29.3 Å². The van der Waals surface area contributed by atoms with E-state index in [1.54, 1.807) is 13.8 Å². The summed E-state index contributed by atoms with van der Waals surface area (Å²) in [6.07, 6.45) is 1.81. The second-order valence-corrected chi connectivity index (χ2v) is 8.57. The van der Waals surface area contributed by atoms with Crippen LogP contribution < -0.4 is 4.74 Å². The summed E-state index contributed by atoms with van der Waals surface area (Å²) < 4.78 is 23.6. The van der Waals surface area contributed by atoms with Gasteiger partial charge in [-0.15, -0.1) is 0 Å². The number of nitrogens with zero attached hydrogens (tertiary/aromatic N) is 4. The average Bonchev–Trinajstić information content (AvgIpc) is 3.06. The molecule has 0 spiro atoms. The fourth-order valence-electron chi connectivity index (χ4n) is 2.38. The Labute approximate surface area is 170 Å². The van der Waals surface area contributed by atoms with Gasteiger partial charge in [0, 0.05) is 30.0 Å². The van der Waals surface area contributed by atoms with Gasteiger partial charge in [-0.2, -0.15) is 9.64 Å². The van der Waals surface area contributed by atoms with Crippen LogP contribution in [0.4, 0.5) is 10.1 Å². The van der Waals surface area contributed by atoms with Gasteiger partial charge in [-0.3, -0.25) is 4.39 Å². The Bertz CT molecular complexity index is 912. The van der Waals surface area contributed by atoms with Gasteiger partial charge in [-0.05, 0) is 51.0 Å². The minimum Gasteiger partial charge on any atom is -0.443 e. The number of aryl methyl sites for hydroxylation is 2. The first-order valence-corrected chi connectivity index (χ1v) is 9.89. The van der Waals surface area contributed by atoms with E-state index in [1.165, 1.54) is 0 Å². The van der Waals surface area contributed by atoms with Gasteiger partial charge in [0.25, 0.3) is 0 Å². The molecule has 28 heavy (non-hydrogen) atoms. The molecule has 1 aromatic heterocycles. The minimum atomic E-state index is -0.824. The summed E-state index contributed by atoms with van der Waals surface area (Å²) in [6, 6.07) is 6.34. The topological polar surface area (TPSA) is 61.5 Å². The number of alkyl halides is 1. The summed E-state index contributed by atoms with van der Waals surface area (Å²) in [5.41, 5.74) is 2.63. The van der Waals surface area contributed by atoms with Crippen LogP contribution in [0.3, 0.4) is 0 Å². The molecule has 1 heterocycles. The molecule has 0 atom stereocenters. The van der Waals surface area contributed by atoms with Crippen molar-refractivity contribution < 1.29 is 9.13 Å². The molecule has 2 aromatic rings. The SMILES string of the molecule is Cc1cc(Oc2snc(C(C)(C)CF)c2C#N)c(C)cc1N=CN(C)C(C)C. The molecule has 150 valence electrons. The van der Waals surface area contributed by atoms with Crippen molar-refractivity contribution in [3.8, 4) is 16.9 Å². The third-order valence-corrected chi connectivity index (χ3v) is 5.36. The third kappa shape index (κ3) is 4.68. The average molecular weight is 403 g/mol. The molecular weight excluding hydrogens is 375 g/mol. The lowest BCUT2D eigenvalue weighted by Crippen LogP contribution is -2.24. The van der Waals surface area contributed by atoms with Crippen molar-refractivity contribution in [1.29, 1.82) is 5.26 Å². The van der Waals surface area contributed by atoms with E-state index >= 15 is 0 Å². The molecule has 0 aliphatic carbocycles. The molecule has 0 unspecified atom stereocenters. The standard InChI is InChI=1S/C21H27FN4OS/c1-13(2)26(7)12-24-17-8-15(4)18(9-14(17)3)27-20-16(10-23)19(25-28-20)21(5,6)11-22/h8-9,12-13H,11H2,1-7H3. The van der Waals surface area contributed by atoms with Crippen molar-refractivity contribution in [2.75, 3.05) is 13.7 Å². The van der Waals surface area contributed by atoms with Gasteiger partial charge in [0.15, 0.2) is 0 Å². The van der Waals surface area contributed by atoms with Crippen molar-refractivity contribution in [1.82, 2.24) is 9.27 Å². The monoisotopic (exact) mass is 402 g/mol. The molecule has 0 bridgehead atoms. The molecule has 1 aromatic carbocycles. The maximum atomic E-state index is 13.3. The van der Waals surface area contributed by atoms with Crippen LogP contribution in [0.2, 0.25) is 0 Å². The van der Waals surface area contributed by atoms with Gasteiger partial charge in [-0.25, -0.2) is 4.99 Å². The Balaban J connectivity index is 2.34. The zero-order chi connectivity index (χ0) is 21.1. The zero-order valence-corrected chi connectivity index (χ0v) is 18.3. The number of halogens is 1. The van der Waals surface area contributed by atoms with Crippen molar-refractivity contribution in [3.63, 3.8) is 0 Å². The summed E-state index contributed by atoms with van der Waals surface area (Å²) in [5, 5.41) is 9.94. The van der Waals surface area contributed by atoms with Crippen LogP contribution in [0.5, 0.6) is 10.8 Å². The van der Waals surface area contributed by atoms with Crippen molar-refractivity contribution >= 4 is 23.6 Å². The van der Waals surface area contributed by atoms with E-state index in [9.17, 15) is 9.65 Å². The predicted octanol–water partition coefficient (Wildman–Crippen LogP) is 5.67. The largest absolute Gasteiger partial charge is 0.443 e. The third-order valence-electron chi connectivity index (χ3n) is 4.64. The highest BCUT2D eigenvalue weighted by Crippen LogP contribution is 2.39. The van der Waals surface area contributed by atoms with Crippen LogP contribution in [0.25, 0.3) is 0 Å². The zero-order valence-electron chi connectivity index (χ0n) is 17.5. The number of benzene rings is 1. The Hall–Kier alpha value is -2.46. The number of hydrogen-bond acceptors (Lipinski definition) is 5. The van der Waals surface area contributed by atoms with E-state index < -0.39 is 12.1 Å². The molecule has 0 N–H and O–H groups in total. The van der Waals surface area contributed by atoms with E-state index in [0.717, 1.165) is 28.3 Å². The Morgan fingerprint density at radius 1 is 1.36 bits per heavy atom. The van der Waals surface area contributed by atoms with E-state index in [0.29, 0.717) is 28.1 Å².